The average molecular weight is 379 g/mol. The highest BCUT2D eigenvalue weighted by molar-refractivity contribution is 6.25. The third kappa shape index (κ3) is 3.11. The van der Waals surface area contributed by atoms with Crippen molar-refractivity contribution >= 4 is 34.2 Å². The van der Waals surface area contributed by atoms with Crippen LogP contribution in [-0.2, 0) is 0 Å². The summed E-state index contributed by atoms with van der Waals surface area (Å²) in [7, 11) is 0. The third-order valence-corrected chi connectivity index (χ3v) is 6.39. The maximum absolute atomic E-state index is 13.7. The van der Waals surface area contributed by atoms with Gasteiger partial charge in [-0.05, 0) is 24.6 Å². The number of aromatic nitrogens is 1. The highest BCUT2D eigenvalue weighted by Gasteiger charge is 2.64. The molecule has 2 unspecified atom stereocenters. The van der Waals surface area contributed by atoms with Gasteiger partial charge in [-0.1, -0.05) is 24.6 Å². The van der Waals surface area contributed by atoms with Crippen molar-refractivity contribution in [1.29, 1.82) is 0 Å². The fraction of sp³-hybridized carbons (Fsp3) is 0.526. The molecule has 0 radical (unpaired) electrons. The number of alkyl halides is 2. The van der Waals surface area contributed by atoms with E-state index in [1.165, 1.54) is 11.1 Å². The number of nitrogens with zero attached hydrogens (tertiary/aromatic N) is 2. The molecule has 7 heteroatoms. The number of aromatic amines is 1. The van der Waals surface area contributed by atoms with Gasteiger partial charge in [0.25, 0.3) is 0 Å². The zero-order chi connectivity index (χ0) is 18.4. The lowest BCUT2D eigenvalue weighted by Gasteiger charge is -2.36. The van der Waals surface area contributed by atoms with E-state index in [9.17, 15) is 9.18 Å². The summed E-state index contributed by atoms with van der Waals surface area (Å²) in [4.78, 5) is 19.7. The maximum Gasteiger partial charge on any atom is 0.317 e. The Kier molecular flexibility index (Phi) is 4.26. The molecule has 0 bridgehead atoms. The van der Waals surface area contributed by atoms with Crippen LogP contribution in [0.2, 0.25) is 0 Å². The smallest absolute Gasteiger partial charge is 0.317 e. The summed E-state index contributed by atoms with van der Waals surface area (Å²) in [6.07, 6.45) is 2.88. The number of amides is 2. The number of carbonyl (C=O) groups is 1. The van der Waals surface area contributed by atoms with Crippen LogP contribution in [0.1, 0.15) is 19.8 Å². The topological polar surface area (TPSA) is 51.4 Å². The number of piperazine rings is 1. The predicted octanol–water partition coefficient (Wildman–Crippen LogP) is 3.70. The normalized spacial score (nSPS) is 28.4. The van der Waals surface area contributed by atoms with Crippen molar-refractivity contribution in [3.8, 4) is 0 Å². The lowest BCUT2D eigenvalue weighted by Crippen LogP contribution is -2.52. The molecule has 1 saturated heterocycles. The van der Waals surface area contributed by atoms with Crippen LogP contribution >= 0.6 is 11.6 Å². The highest BCUT2D eigenvalue weighted by Crippen LogP contribution is 2.63. The molecule has 0 spiro atoms. The highest BCUT2D eigenvalue weighted by atomic mass is 35.5. The summed E-state index contributed by atoms with van der Waals surface area (Å²) in [5.41, 5.74) is 1.82. The van der Waals surface area contributed by atoms with Crippen LogP contribution in [0.3, 0.4) is 0 Å². The van der Waals surface area contributed by atoms with Gasteiger partial charge in [0.1, 0.15) is 0 Å². The van der Waals surface area contributed by atoms with Crippen LogP contribution < -0.4 is 10.2 Å². The number of nitrogens with one attached hydrogen (secondary N) is 2. The number of H-pyrrole nitrogens is 1. The van der Waals surface area contributed by atoms with Crippen molar-refractivity contribution in [2.75, 3.05) is 37.6 Å². The Labute approximate surface area is 157 Å². The van der Waals surface area contributed by atoms with Gasteiger partial charge in [0.2, 0.25) is 0 Å². The number of anilines is 1. The molecule has 2 aliphatic rings. The zero-order valence-electron chi connectivity index (χ0n) is 14.9. The van der Waals surface area contributed by atoms with Crippen LogP contribution in [0, 0.1) is 5.41 Å². The maximum atomic E-state index is 13.7. The molecule has 140 valence electrons. The van der Waals surface area contributed by atoms with E-state index in [1.54, 1.807) is 0 Å². The van der Waals surface area contributed by atoms with Gasteiger partial charge in [-0.15, -0.1) is 0 Å². The summed E-state index contributed by atoms with van der Waals surface area (Å²) >= 11 is 5.72. The van der Waals surface area contributed by atoms with E-state index in [0.29, 0.717) is 32.5 Å². The minimum atomic E-state index is -1.59. The Bertz CT molecular complexity index is 815. The molecule has 1 saturated carbocycles. The number of hydrogen-bond acceptors (Lipinski definition) is 2. The predicted molar refractivity (Wildman–Crippen MR) is 103 cm³/mol. The van der Waals surface area contributed by atoms with Crippen molar-refractivity contribution in [3.63, 3.8) is 0 Å². The number of fused-ring (bicyclic) bond motifs is 1. The molecule has 2 fully saturated rings. The van der Waals surface area contributed by atoms with Crippen LogP contribution in [0.25, 0.3) is 10.9 Å². The first-order valence-electron chi connectivity index (χ1n) is 9.11. The molecule has 5 nitrogen and oxygen atoms in total. The number of hydrogen-bond donors (Lipinski definition) is 2. The van der Waals surface area contributed by atoms with Crippen LogP contribution in [0.4, 0.5) is 14.9 Å². The van der Waals surface area contributed by atoms with Gasteiger partial charge in [0.05, 0.1) is 0 Å². The number of rotatable bonds is 4. The van der Waals surface area contributed by atoms with Crippen molar-refractivity contribution in [2.24, 2.45) is 5.41 Å². The molecular weight excluding hydrogens is 355 g/mol. The first-order valence-corrected chi connectivity index (χ1v) is 9.49. The zero-order valence-corrected chi connectivity index (χ0v) is 15.7. The molecule has 2 aromatic rings. The van der Waals surface area contributed by atoms with Crippen molar-refractivity contribution in [1.82, 2.24) is 15.2 Å². The van der Waals surface area contributed by atoms with Gasteiger partial charge in [0, 0.05) is 67.3 Å². The molecule has 26 heavy (non-hydrogen) atoms. The van der Waals surface area contributed by atoms with Crippen molar-refractivity contribution in [2.45, 2.75) is 24.9 Å². The molecule has 2 heterocycles. The quantitative estimate of drug-likeness (QED) is 0.797. The second kappa shape index (κ2) is 6.34. The van der Waals surface area contributed by atoms with Gasteiger partial charge in [0.15, 0.2) is 5.13 Å². The van der Waals surface area contributed by atoms with E-state index in [0.717, 1.165) is 18.6 Å². The monoisotopic (exact) mass is 378 g/mol. The number of halogens is 2. The summed E-state index contributed by atoms with van der Waals surface area (Å²) in [5.74, 6) is 0. The molecular formula is C19H24ClFN4O. The average Bonchev–Trinajstić information content (AvgIpc) is 2.97. The van der Waals surface area contributed by atoms with E-state index in [1.807, 2.05) is 24.1 Å². The van der Waals surface area contributed by atoms with Gasteiger partial charge < -0.3 is 20.1 Å². The first-order chi connectivity index (χ1) is 12.4. The van der Waals surface area contributed by atoms with E-state index in [2.05, 4.69) is 33.4 Å². The first kappa shape index (κ1) is 17.5. The van der Waals surface area contributed by atoms with E-state index in [4.69, 9.17) is 11.6 Å². The lowest BCUT2D eigenvalue weighted by molar-refractivity contribution is 0.193. The van der Waals surface area contributed by atoms with Crippen molar-refractivity contribution in [3.05, 3.63) is 30.5 Å². The number of urea groups is 1. The molecule has 1 aromatic carbocycles. The molecule has 1 aliphatic carbocycles. The Morgan fingerprint density at radius 3 is 2.73 bits per heavy atom. The van der Waals surface area contributed by atoms with Crippen molar-refractivity contribution < 1.29 is 9.18 Å². The second-order valence-corrected chi connectivity index (χ2v) is 8.21. The van der Waals surface area contributed by atoms with Crippen LogP contribution in [0.5, 0.6) is 0 Å². The summed E-state index contributed by atoms with van der Waals surface area (Å²) in [5, 5.41) is 2.52. The van der Waals surface area contributed by atoms with Gasteiger partial charge in [-0.3, -0.25) is 0 Å². The Morgan fingerprint density at radius 2 is 2.04 bits per heavy atom. The Balaban J connectivity index is 1.28. The van der Waals surface area contributed by atoms with E-state index >= 15 is 0 Å². The lowest BCUT2D eigenvalue weighted by atomic mass is 10.1. The SMILES string of the molecule is CC1(CCNC(=O)N2CCN(c3cccc4[nH]ccc34)CC2)CC1(F)Cl. The molecule has 2 amide bonds. The molecule has 2 N–H and O–H groups in total. The Morgan fingerprint density at radius 1 is 1.31 bits per heavy atom. The summed E-state index contributed by atoms with van der Waals surface area (Å²) < 4.78 is 13.7. The number of benzene rings is 1. The molecule has 1 aromatic heterocycles. The summed E-state index contributed by atoms with van der Waals surface area (Å²) in [6, 6.07) is 8.25. The van der Waals surface area contributed by atoms with E-state index in [-0.39, 0.29) is 6.03 Å². The molecule has 1 aliphatic heterocycles. The summed E-state index contributed by atoms with van der Waals surface area (Å²) in [6.45, 7) is 5.22. The third-order valence-electron chi connectivity index (χ3n) is 5.80. The van der Waals surface area contributed by atoms with Crippen LogP contribution in [-0.4, -0.2) is 53.8 Å². The fourth-order valence-electron chi connectivity index (χ4n) is 3.77. The minimum Gasteiger partial charge on any atom is -0.367 e. The molecule has 4 rings (SSSR count). The largest absolute Gasteiger partial charge is 0.367 e. The fourth-order valence-corrected chi connectivity index (χ4v) is 4.16. The molecule has 2 atom stereocenters. The van der Waals surface area contributed by atoms with Crippen LogP contribution in [0.15, 0.2) is 30.5 Å². The number of carbonyl (C=O) groups excluding carboxylic acids is 1. The van der Waals surface area contributed by atoms with E-state index < -0.39 is 10.5 Å². The minimum absolute atomic E-state index is 0.0761. The standard InChI is InChI=1S/C19H24ClFN4O/c1-18(13-19(18,20)21)6-8-23-17(26)25-11-9-24(10-12-25)16-4-2-3-15-14(16)5-7-22-15/h2-5,7,22H,6,8-13H2,1H3,(H,23,26). The van der Waals surface area contributed by atoms with Gasteiger partial charge >= 0.3 is 6.03 Å². The second-order valence-electron chi connectivity index (χ2n) is 7.61. The van der Waals surface area contributed by atoms with Gasteiger partial charge in [-0.2, -0.15) is 0 Å². The van der Waals surface area contributed by atoms with Gasteiger partial charge in [-0.25, -0.2) is 9.18 Å². The Hall–Kier alpha value is -1.95.